The fraction of sp³-hybridized carbons (Fsp3) is 0.500. The first-order valence-corrected chi connectivity index (χ1v) is 5.81. The average Bonchev–Trinajstić information content (AvgIpc) is 2.33. The van der Waals surface area contributed by atoms with Crippen LogP contribution in [0.15, 0.2) is 12.1 Å². The molecule has 5 heteroatoms. The maximum atomic E-state index is 13.8. The molecule has 0 aliphatic heterocycles. The summed E-state index contributed by atoms with van der Waals surface area (Å²) in [5.74, 6) is -0.356. The van der Waals surface area contributed by atoms with Crippen molar-refractivity contribution in [2.75, 3.05) is 13.2 Å². The molecule has 0 saturated heterocycles. The lowest BCUT2D eigenvalue weighted by atomic mass is 9.70. The van der Waals surface area contributed by atoms with E-state index in [0.717, 1.165) is 18.4 Å². The zero-order valence-corrected chi connectivity index (χ0v) is 11.0. The number of fused-ring (bicyclic) bond motifs is 1. The first-order chi connectivity index (χ1) is 7.64. The number of rotatable bonds is 2. The summed E-state index contributed by atoms with van der Waals surface area (Å²) in [5, 5.41) is 9.66. The first kappa shape index (κ1) is 14.7. The van der Waals surface area contributed by atoms with Crippen LogP contribution in [0.5, 0.6) is 0 Å². The number of benzene rings is 1. The quantitative estimate of drug-likeness (QED) is 0.874. The van der Waals surface area contributed by atoms with Crippen LogP contribution in [0.4, 0.5) is 4.39 Å². The SMILES string of the molecule is Cl.NCC1(CO)CCCc2c1ccc(Cl)c2F. The molecule has 0 spiro atoms. The third-order valence-electron chi connectivity index (χ3n) is 3.54. The molecule has 2 rings (SSSR count). The Kier molecular flexibility index (Phi) is 4.78. The number of aliphatic hydroxyl groups is 1. The second-order valence-corrected chi connectivity index (χ2v) is 4.79. The molecule has 1 aliphatic carbocycles. The Labute approximate surface area is 111 Å². The largest absolute Gasteiger partial charge is 0.395 e. The van der Waals surface area contributed by atoms with E-state index in [1.54, 1.807) is 12.1 Å². The number of aliphatic hydroxyl groups excluding tert-OH is 1. The van der Waals surface area contributed by atoms with Gasteiger partial charge < -0.3 is 10.8 Å². The highest BCUT2D eigenvalue weighted by atomic mass is 35.5. The van der Waals surface area contributed by atoms with Gasteiger partial charge in [-0.2, -0.15) is 0 Å². The summed E-state index contributed by atoms with van der Waals surface area (Å²) >= 11 is 5.76. The number of halogens is 3. The van der Waals surface area contributed by atoms with Crippen molar-refractivity contribution in [3.63, 3.8) is 0 Å². The minimum Gasteiger partial charge on any atom is -0.395 e. The standard InChI is InChI=1S/C12H15ClFNO.ClH/c13-10-4-3-9-8(11(10)14)2-1-5-12(9,6-15)7-16;/h3-4,16H,1-2,5-7,15H2;1H. The van der Waals surface area contributed by atoms with Gasteiger partial charge in [0.2, 0.25) is 0 Å². The van der Waals surface area contributed by atoms with Gasteiger partial charge in [0.1, 0.15) is 5.82 Å². The van der Waals surface area contributed by atoms with Crippen molar-refractivity contribution in [2.24, 2.45) is 5.73 Å². The second kappa shape index (κ2) is 5.53. The van der Waals surface area contributed by atoms with Crippen LogP contribution in [-0.4, -0.2) is 18.3 Å². The fourth-order valence-corrected chi connectivity index (χ4v) is 2.69. The smallest absolute Gasteiger partial charge is 0.145 e. The molecule has 1 atom stereocenters. The fourth-order valence-electron chi connectivity index (χ4n) is 2.51. The minimum atomic E-state index is -0.487. The van der Waals surface area contributed by atoms with E-state index in [1.807, 2.05) is 0 Å². The van der Waals surface area contributed by atoms with Crippen LogP contribution < -0.4 is 5.73 Å². The molecule has 1 aromatic carbocycles. The topological polar surface area (TPSA) is 46.2 Å². The molecular weight excluding hydrogens is 264 g/mol. The molecule has 1 aliphatic rings. The maximum absolute atomic E-state index is 13.8. The summed E-state index contributed by atoms with van der Waals surface area (Å²) in [5.41, 5.74) is 6.70. The van der Waals surface area contributed by atoms with Crippen molar-refractivity contribution in [1.29, 1.82) is 0 Å². The van der Waals surface area contributed by atoms with Crippen LogP contribution >= 0.6 is 24.0 Å². The van der Waals surface area contributed by atoms with E-state index in [0.29, 0.717) is 18.5 Å². The van der Waals surface area contributed by atoms with Gasteiger partial charge in [-0.1, -0.05) is 17.7 Å². The molecule has 0 saturated carbocycles. The Hall–Kier alpha value is -0.350. The van der Waals surface area contributed by atoms with Crippen LogP contribution in [0.1, 0.15) is 24.0 Å². The summed E-state index contributed by atoms with van der Waals surface area (Å²) in [6, 6.07) is 3.34. The molecule has 3 N–H and O–H groups in total. The highest BCUT2D eigenvalue weighted by molar-refractivity contribution is 6.30. The third-order valence-corrected chi connectivity index (χ3v) is 3.83. The summed E-state index contributed by atoms with van der Waals surface area (Å²) in [6.07, 6.45) is 2.31. The minimum absolute atomic E-state index is 0. The van der Waals surface area contributed by atoms with Gasteiger partial charge in [0.05, 0.1) is 11.6 Å². The molecule has 0 fully saturated rings. The van der Waals surface area contributed by atoms with Gasteiger partial charge in [0.15, 0.2) is 0 Å². The van der Waals surface area contributed by atoms with Gasteiger partial charge in [-0.15, -0.1) is 12.4 Å². The summed E-state index contributed by atoms with van der Waals surface area (Å²) in [7, 11) is 0. The monoisotopic (exact) mass is 279 g/mol. The van der Waals surface area contributed by atoms with Crippen molar-refractivity contribution in [2.45, 2.75) is 24.7 Å². The zero-order chi connectivity index (χ0) is 11.8. The van der Waals surface area contributed by atoms with Crippen molar-refractivity contribution < 1.29 is 9.50 Å². The Morgan fingerprint density at radius 1 is 1.47 bits per heavy atom. The van der Waals surface area contributed by atoms with Crippen LogP contribution in [-0.2, 0) is 11.8 Å². The molecule has 0 heterocycles. The number of hydrogen-bond donors (Lipinski definition) is 2. The van der Waals surface area contributed by atoms with Crippen LogP contribution in [0, 0.1) is 5.82 Å². The molecule has 1 unspecified atom stereocenters. The van der Waals surface area contributed by atoms with Crippen LogP contribution in [0.2, 0.25) is 5.02 Å². The van der Waals surface area contributed by atoms with Gasteiger partial charge in [0, 0.05) is 12.0 Å². The van der Waals surface area contributed by atoms with E-state index in [-0.39, 0.29) is 29.9 Å². The zero-order valence-electron chi connectivity index (χ0n) is 9.38. The van der Waals surface area contributed by atoms with E-state index in [9.17, 15) is 9.50 Å². The predicted octanol–water partition coefficient (Wildman–Crippen LogP) is 2.43. The number of nitrogens with two attached hydrogens (primary N) is 1. The van der Waals surface area contributed by atoms with Crippen LogP contribution in [0.25, 0.3) is 0 Å². The highest BCUT2D eigenvalue weighted by Gasteiger charge is 2.36. The van der Waals surface area contributed by atoms with Crippen molar-refractivity contribution in [3.05, 3.63) is 34.1 Å². The van der Waals surface area contributed by atoms with Crippen molar-refractivity contribution in [3.8, 4) is 0 Å². The van der Waals surface area contributed by atoms with E-state index < -0.39 is 5.41 Å². The van der Waals surface area contributed by atoms with Gasteiger partial charge >= 0.3 is 0 Å². The molecule has 17 heavy (non-hydrogen) atoms. The lowest BCUT2D eigenvalue weighted by Gasteiger charge is -2.37. The van der Waals surface area contributed by atoms with E-state index in [2.05, 4.69) is 0 Å². The Balaban J connectivity index is 0.00000144. The molecule has 0 amide bonds. The molecule has 0 radical (unpaired) electrons. The Morgan fingerprint density at radius 2 is 2.18 bits per heavy atom. The molecule has 0 bridgehead atoms. The normalized spacial score (nSPS) is 22.8. The van der Waals surface area contributed by atoms with Gasteiger partial charge in [-0.25, -0.2) is 4.39 Å². The molecule has 2 nitrogen and oxygen atoms in total. The lowest BCUT2D eigenvalue weighted by molar-refractivity contribution is 0.178. The summed E-state index contributed by atoms with van der Waals surface area (Å²) in [4.78, 5) is 0. The van der Waals surface area contributed by atoms with Crippen molar-refractivity contribution >= 4 is 24.0 Å². The van der Waals surface area contributed by atoms with Gasteiger partial charge in [-0.05, 0) is 36.5 Å². The molecular formula is C12H16Cl2FNO. The molecule has 0 aromatic heterocycles. The van der Waals surface area contributed by atoms with E-state index in [1.165, 1.54) is 0 Å². The number of hydrogen-bond acceptors (Lipinski definition) is 2. The van der Waals surface area contributed by atoms with E-state index in [4.69, 9.17) is 17.3 Å². The first-order valence-electron chi connectivity index (χ1n) is 5.43. The Bertz CT molecular complexity index is 408. The van der Waals surface area contributed by atoms with Crippen LogP contribution in [0.3, 0.4) is 0 Å². The second-order valence-electron chi connectivity index (χ2n) is 4.38. The third kappa shape index (κ3) is 2.29. The molecule has 1 aromatic rings. The average molecular weight is 280 g/mol. The molecule has 96 valence electrons. The Morgan fingerprint density at radius 3 is 2.76 bits per heavy atom. The summed E-state index contributed by atoms with van der Waals surface area (Å²) in [6.45, 7) is 0.287. The maximum Gasteiger partial charge on any atom is 0.145 e. The van der Waals surface area contributed by atoms with Gasteiger partial charge in [-0.3, -0.25) is 0 Å². The summed E-state index contributed by atoms with van der Waals surface area (Å²) < 4.78 is 13.8. The van der Waals surface area contributed by atoms with Gasteiger partial charge in [0.25, 0.3) is 0 Å². The predicted molar refractivity (Wildman–Crippen MR) is 69.4 cm³/mol. The lowest BCUT2D eigenvalue weighted by Crippen LogP contribution is -2.42. The highest BCUT2D eigenvalue weighted by Crippen LogP contribution is 2.39. The van der Waals surface area contributed by atoms with Crippen molar-refractivity contribution in [1.82, 2.24) is 0 Å². The van der Waals surface area contributed by atoms with E-state index >= 15 is 0 Å².